The van der Waals surface area contributed by atoms with Crippen LogP contribution in [0.3, 0.4) is 0 Å². The molecular weight excluding hydrogens is 502 g/mol. The molecule has 2 heterocycles. The average Bonchev–Trinajstić information content (AvgIpc) is 2.92. The van der Waals surface area contributed by atoms with Crippen molar-refractivity contribution in [3.8, 4) is 0 Å². The van der Waals surface area contributed by atoms with Crippen molar-refractivity contribution in [3.63, 3.8) is 0 Å². The Bertz CT molecular complexity index is 1190. The molecule has 0 N–H and O–H groups in total. The Labute approximate surface area is 230 Å². The van der Waals surface area contributed by atoms with Gasteiger partial charge < -0.3 is 14.7 Å². The highest BCUT2D eigenvalue weighted by atomic mass is 35.5. The van der Waals surface area contributed by atoms with Gasteiger partial charge in [0.1, 0.15) is 11.0 Å². The number of thioether (sulfide) groups is 1. The number of piperazine rings is 1. The summed E-state index contributed by atoms with van der Waals surface area (Å²) in [5.74, 6) is 1.64. The van der Waals surface area contributed by atoms with Crippen LogP contribution in [-0.4, -0.2) is 60.0 Å². The standard InChI is InChI=1S/C29H36ClN5OS/c1-4-13-34(14-5-2)27-20-26(30)31-29(32-27)37-21-23-10-8-11-24(19-23)28(36)35-17-15-33(16-18-35)25-12-7-6-9-22(25)3/h6-12,19-20H,4-5,13-18,21H2,1-3H3. The van der Waals surface area contributed by atoms with Crippen LogP contribution in [0, 0.1) is 6.92 Å². The van der Waals surface area contributed by atoms with Gasteiger partial charge >= 0.3 is 0 Å². The summed E-state index contributed by atoms with van der Waals surface area (Å²) >= 11 is 7.89. The molecule has 0 saturated carbocycles. The molecule has 0 bridgehead atoms. The lowest BCUT2D eigenvalue weighted by atomic mass is 10.1. The van der Waals surface area contributed by atoms with Gasteiger partial charge in [-0.05, 0) is 49.1 Å². The maximum absolute atomic E-state index is 13.3. The fourth-order valence-electron chi connectivity index (χ4n) is 4.69. The summed E-state index contributed by atoms with van der Waals surface area (Å²) in [6, 6.07) is 18.2. The molecule has 1 amide bonds. The van der Waals surface area contributed by atoms with E-state index in [1.54, 1.807) is 11.8 Å². The second kappa shape index (κ2) is 13.2. The van der Waals surface area contributed by atoms with Gasteiger partial charge in [-0.25, -0.2) is 9.97 Å². The molecule has 0 atom stereocenters. The van der Waals surface area contributed by atoms with Gasteiger partial charge in [0.25, 0.3) is 5.91 Å². The zero-order chi connectivity index (χ0) is 26.2. The van der Waals surface area contributed by atoms with E-state index < -0.39 is 0 Å². The van der Waals surface area contributed by atoms with E-state index >= 15 is 0 Å². The molecule has 0 unspecified atom stereocenters. The van der Waals surface area contributed by atoms with Crippen molar-refractivity contribution in [2.75, 3.05) is 49.1 Å². The molecule has 37 heavy (non-hydrogen) atoms. The number of carbonyl (C=O) groups excluding carboxylic acids is 1. The first-order chi connectivity index (χ1) is 18.0. The normalized spacial score (nSPS) is 13.6. The Hall–Kier alpha value is -2.77. The molecule has 4 rings (SSSR count). The lowest BCUT2D eigenvalue weighted by Gasteiger charge is -2.36. The lowest BCUT2D eigenvalue weighted by molar-refractivity contribution is 0.0746. The van der Waals surface area contributed by atoms with Gasteiger partial charge in [-0.2, -0.15) is 0 Å². The number of para-hydroxylation sites is 1. The Morgan fingerprint density at radius 3 is 2.41 bits per heavy atom. The molecule has 6 nitrogen and oxygen atoms in total. The number of halogens is 1. The Balaban J connectivity index is 1.38. The molecule has 0 aliphatic carbocycles. The Morgan fingerprint density at radius 2 is 1.70 bits per heavy atom. The summed E-state index contributed by atoms with van der Waals surface area (Å²) in [6.07, 6.45) is 2.09. The number of rotatable bonds is 10. The number of carbonyl (C=O) groups is 1. The van der Waals surface area contributed by atoms with Crippen molar-refractivity contribution in [1.29, 1.82) is 0 Å². The number of hydrogen-bond donors (Lipinski definition) is 0. The van der Waals surface area contributed by atoms with E-state index in [-0.39, 0.29) is 5.91 Å². The largest absolute Gasteiger partial charge is 0.368 e. The van der Waals surface area contributed by atoms with Gasteiger partial charge in [-0.15, -0.1) is 0 Å². The first-order valence-electron chi connectivity index (χ1n) is 13.1. The molecule has 1 saturated heterocycles. The zero-order valence-electron chi connectivity index (χ0n) is 22.0. The van der Waals surface area contributed by atoms with E-state index in [1.165, 1.54) is 11.3 Å². The van der Waals surface area contributed by atoms with E-state index in [0.29, 0.717) is 16.1 Å². The maximum atomic E-state index is 13.3. The van der Waals surface area contributed by atoms with Crippen LogP contribution >= 0.6 is 23.4 Å². The maximum Gasteiger partial charge on any atom is 0.253 e. The molecule has 1 aliphatic rings. The Kier molecular flexibility index (Phi) is 9.69. The van der Waals surface area contributed by atoms with E-state index in [9.17, 15) is 4.79 Å². The van der Waals surface area contributed by atoms with Gasteiger partial charge in [-0.1, -0.05) is 67.5 Å². The van der Waals surface area contributed by atoms with Crippen LogP contribution in [0.2, 0.25) is 5.15 Å². The summed E-state index contributed by atoms with van der Waals surface area (Å²) in [7, 11) is 0. The van der Waals surface area contributed by atoms with Crippen LogP contribution in [0.1, 0.15) is 48.2 Å². The van der Waals surface area contributed by atoms with Crippen molar-refractivity contribution in [1.82, 2.24) is 14.9 Å². The topological polar surface area (TPSA) is 52.6 Å². The quantitative estimate of drug-likeness (QED) is 0.171. The van der Waals surface area contributed by atoms with Crippen LogP contribution in [0.5, 0.6) is 0 Å². The van der Waals surface area contributed by atoms with Crippen molar-refractivity contribution < 1.29 is 4.79 Å². The van der Waals surface area contributed by atoms with Crippen LogP contribution in [-0.2, 0) is 5.75 Å². The molecule has 2 aromatic carbocycles. The number of aromatic nitrogens is 2. The third kappa shape index (κ3) is 7.17. The van der Waals surface area contributed by atoms with Gasteiger partial charge in [0.05, 0.1) is 0 Å². The van der Waals surface area contributed by atoms with Crippen LogP contribution < -0.4 is 9.80 Å². The predicted molar refractivity (Wildman–Crippen MR) is 155 cm³/mol. The second-order valence-electron chi connectivity index (χ2n) is 9.37. The highest BCUT2D eigenvalue weighted by Crippen LogP contribution is 2.26. The van der Waals surface area contributed by atoms with Crippen molar-refractivity contribution in [3.05, 3.63) is 76.4 Å². The van der Waals surface area contributed by atoms with E-state index in [1.807, 2.05) is 35.2 Å². The molecule has 8 heteroatoms. The fourth-order valence-corrected chi connectivity index (χ4v) is 5.71. The number of amides is 1. The van der Waals surface area contributed by atoms with Gasteiger partial charge in [0.2, 0.25) is 0 Å². The Morgan fingerprint density at radius 1 is 0.973 bits per heavy atom. The van der Waals surface area contributed by atoms with Crippen LogP contribution in [0.15, 0.2) is 59.8 Å². The smallest absolute Gasteiger partial charge is 0.253 e. The number of hydrogen-bond acceptors (Lipinski definition) is 6. The number of aryl methyl sites for hydroxylation is 1. The predicted octanol–water partition coefficient (Wildman–Crippen LogP) is 6.32. The number of nitrogens with zero attached hydrogens (tertiary/aromatic N) is 5. The second-order valence-corrected chi connectivity index (χ2v) is 10.7. The first-order valence-corrected chi connectivity index (χ1v) is 14.5. The highest BCUT2D eigenvalue weighted by Gasteiger charge is 2.23. The van der Waals surface area contributed by atoms with Gasteiger partial charge in [0.15, 0.2) is 5.16 Å². The molecule has 3 aromatic rings. The summed E-state index contributed by atoms with van der Waals surface area (Å²) in [5, 5.41) is 1.11. The molecule has 1 aliphatic heterocycles. The molecule has 0 spiro atoms. The number of anilines is 2. The summed E-state index contributed by atoms with van der Waals surface area (Å²) in [5.41, 5.74) is 4.32. The molecular formula is C29H36ClN5OS. The summed E-state index contributed by atoms with van der Waals surface area (Å²) in [6.45, 7) is 11.5. The van der Waals surface area contributed by atoms with E-state index in [2.05, 4.69) is 59.8 Å². The molecule has 196 valence electrons. The van der Waals surface area contributed by atoms with Crippen molar-refractivity contribution >= 4 is 40.8 Å². The minimum absolute atomic E-state index is 0.0901. The van der Waals surface area contributed by atoms with E-state index in [0.717, 1.165) is 69.1 Å². The molecule has 0 radical (unpaired) electrons. The van der Waals surface area contributed by atoms with Crippen molar-refractivity contribution in [2.24, 2.45) is 0 Å². The molecule has 1 aromatic heterocycles. The summed E-state index contributed by atoms with van der Waals surface area (Å²) in [4.78, 5) is 29.1. The monoisotopic (exact) mass is 537 g/mol. The average molecular weight is 538 g/mol. The van der Waals surface area contributed by atoms with Gasteiger partial charge in [-0.3, -0.25) is 4.79 Å². The highest BCUT2D eigenvalue weighted by molar-refractivity contribution is 7.98. The fraction of sp³-hybridized carbons (Fsp3) is 0.414. The third-order valence-electron chi connectivity index (χ3n) is 6.54. The van der Waals surface area contributed by atoms with Crippen LogP contribution in [0.4, 0.5) is 11.5 Å². The lowest BCUT2D eigenvalue weighted by Crippen LogP contribution is -2.49. The SMILES string of the molecule is CCCN(CCC)c1cc(Cl)nc(SCc2cccc(C(=O)N3CCN(c4ccccc4C)CC3)c2)n1. The molecule has 1 fully saturated rings. The van der Waals surface area contributed by atoms with Gasteiger partial charge in [0, 0.05) is 62.3 Å². The minimum Gasteiger partial charge on any atom is -0.368 e. The third-order valence-corrected chi connectivity index (χ3v) is 7.65. The van der Waals surface area contributed by atoms with Crippen molar-refractivity contribution in [2.45, 2.75) is 44.5 Å². The van der Waals surface area contributed by atoms with Crippen LogP contribution in [0.25, 0.3) is 0 Å². The first kappa shape index (κ1) is 27.3. The zero-order valence-corrected chi connectivity index (χ0v) is 23.6. The van der Waals surface area contributed by atoms with E-state index in [4.69, 9.17) is 16.6 Å². The summed E-state index contributed by atoms with van der Waals surface area (Å²) < 4.78 is 0. The number of benzene rings is 2. The minimum atomic E-state index is 0.0901.